The van der Waals surface area contributed by atoms with Crippen molar-refractivity contribution in [1.29, 1.82) is 0 Å². The van der Waals surface area contributed by atoms with Gasteiger partial charge in [0.05, 0.1) is 6.61 Å². The Labute approximate surface area is 52.5 Å². The van der Waals surface area contributed by atoms with E-state index >= 15 is 0 Å². The van der Waals surface area contributed by atoms with Crippen LogP contribution in [0.2, 0.25) is 0 Å². The van der Waals surface area contributed by atoms with Gasteiger partial charge in [-0.3, -0.25) is 0 Å². The van der Waals surface area contributed by atoms with Crippen molar-refractivity contribution in [2.24, 2.45) is 0 Å². The Hall–Kier alpha value is -0.430. The van der Waals surface area contributed by atoms with Crippen LogP contribution in [0.4, 0.5) is 0 Å². The first-order valence-electron chi connectivity index (χ1n) is 2.22. The Morgan fingerprint density at radius 1 is 1.44 bits per heavy atom. The van der Waals surface area contributed by atoms with E-state index in [9.17, 15) is 8.42 Å². The summed E-state index contributed by atoms with van der Waals surface area (Å²) in [6.07, 6.45) is 0.232. The summed E-state index contributed by atoms with van der Waals surface area (Å²) in [6.45, 7) is 0.212. The minimum Gasteiger partial charge on any atom is -0.205 e. The molecule has 0 atom stereocenters. The molecule has 0 aromatic heterocycles. The van der Waals surface area contributed by atoms with Crippen molar-refractivity contribution in [3.05, 3.63) is 0 Å². The third-order valence-corrected chi connectivity index (χ3v) is 1.39. The Morgan fingerprint density at radius 3 is 2.56 bits per heavy atom. The summed E-state index contributed by atoms with van der Waals surface area (Å²) >= 11 is 0. The zero-order valence-corrected chi connectivity index (χ0v) is 5.18. The molecule has 0 aliphatic carbocycles. The fourth-order valence-electron chi connectivity index (χ4n) is 0.374. The van der Waals surface area contributed by atoms with E-state index in [0.717, 1.165) is 0 Å². The predicted octanol–water partition coefficient (Wildman–Crippen LogP) is -0.721. The van der Waals surface area contributed by atoms with E-state index in [-0.39, 0.29) is 18.1 Å². The van der Waals surface area contributed by atoms with Crippen LogP contribution in [-0.4, -0.2) is 20.1 Å². The van der Waals surface area contributed by atoms with Crippen LogP contribution in [0.25, 0.3) is 0 Å². The van der Waals surface area contributed by atoms with E-state index in [1.807, 2.05) is 0 Å². The summed E-state index contributed by atoms with van der Waals surface area (Å²) in [5, 5.41) is 3.79. The average molecular weight is 152 g/mol. The largest absolute Gasteiger partial charge is 0.244 e. The van der Waals surface area contributed by atoms with E-state index in [2.05, 4.69) is 14.8 Å². The molecule has 52 valence electrons. The molecular formula is C3H4O5S. The standard InChI is InChI=1S/C3H4O5S/c4-9(5)3-1-2-6-8-7-3/h1-2H2. The maximum atomic E-state index is 10.1. The van der Waals surface area contributed by atoms with Crippen LogP contribution in [0, 0.1) is 0 Å². The average Bonchev–Trinajstić information content (AvgIpc) is 1.90. The van der Waals surface area contributed by atoms with Gasteiger partial charge in [-0.1, -0.05) is 5.04 Å². The lowest BCUT2D eigenvalue weighted by Crippen LogP contribution is -2.16. The molecule has 0 aromatic rings. The SMILES string of the molecule is O=S(=O)=C1CCOOO1. The molecule has 0 unspecified atom stereocenters. The summed E-state index contributed by atoms with van der Waals surface area (Å²) in [5.74, 6) is 0. The predicted molar refractivity (Wildman–Crippen MR) is 26.7 cm³/mol. The molecule has 0 bridgehead atoms. The van der Waals surface area contributed by atoms with E-state index in [1.165, 1.54) is 0 Å². The van der Waals surface area contributed by atoms with Crippen molar-refractivity contribution in [3.8, 4) is 0 Å². The van der Waals surface area contributed by atoms with Crippen molar-refractivity contribution in [2.75, 3.05) is 6.61 Å². The Morgan fingerprint density at radius 2 is 2.22 bits per heavy atom. The molecule has 1 heterocycles. The van der Waals surface area contributed by atoms with Gasteiger partial charge in [-0.2, -0.15) is 13.3 Å². The zero-order valence-electron chi connectivity index (χ0n) is 4.36. The van der Waals surface area contributed by atoms with E-state index in [4.69, 9.17) is 0 Å². The van der Waals surface area contributed by atoms with Gasteiger partial charge >= 0.3 is 0 Å². The summed E-state index contributed by atoms with van der Waals surface area (Å²) in [4.78, 5) is 8.35. The van der Waals surface area contributed by atoms with E-state index < -0.39 is 10.3 Å². The van der Waals surface area contributed by atoms with Crippen molar-refractivity contribution < 1.29 is 23.2 Å². The second-order valence-corrected chi connectivity index (χ2v) is 2.25. The first kappa shape index (κ1) is 6.69. The van der Waals surface area contributed by atoms with Crippen LogP contribution in [0.15, 0.2) is 0 Å². The van der Waals surface area contributed by atoms with Crippen LogP contribution >= 0.6 is 0 Å². The first-order chi connectivity index (χ1) is 4.30. The molecule has 0 N–H and O–H groups in total. The van der Waals surface area contributed by atoms with Gasteiger partial charge in [-0.05, 0) is 0 Å². The van der Waals surface area contributed by atoms with Crippen molar-refractivity contribution >= 4 is 15.3 Å². The topological polar surface area (TPSA) is 61.8 Å². The van der Waals surface area contributed by atoms with E-state index in [0.29, 0.717) is 0 Å². The molecule has 1 aliphatic heterocycles. The number of hydrogen-bond donors (Lipinski definition) is 0. The fourth-order valence-corrected chi connectivity index (χ4v) is 0.707. The van der Waals surface area contributed by atoms with Crippen molar-refractivity contribution in [1.82, 2.24) is 0 Å². The normalized spacial score (nSPS) is 19.8. The molecule has 1 rings (SSSR count). The van der Waals surface area contributed by atoms with Gasteiger partial charge in [0.1, 0.15) is 0 Å². The number of hydrogen-bond acceptors (Lipinski definition) is 5. The zero-order chi connectivity index (χ0) is 6.69. The second kappa shape index (κ2) is 2.92. The van der Waals surface area contributed by atoms with Crippen LogP contribution in [0.1, 0.15) is 6.42 Å². The van der Waals surface area contributed by atoms with Crippen molar-refractivity contribution in [3.63, 3.8) is 0 Å². The maximum Gasteiger partial charge on any atom is 0.244 e. The molecule has 0 saturated carbocycles. The highest BCUT2D eigenvalue weighted by Gasteiger charge is 2.10. The quantitative estimate of drug-likeness (QED) is 0.338. The molecule has 0 amide bonds. The third-order valence-electron chi connectivity index (χ3n) is 0.750. The molecule has 0 spiro atoms. The Balaban J connectivity index is 2.72. The molecule has 1 fully saturated rings. The molecule has 1 saturated heterocycles. The van der Waals surface area contributed by atoms with Gasteiger partial charge in [-0.25, -0.2) is 4.89 Å². The molecule has 6 heteroatoms. The van der Waals surface area contributed by atoms with Crippen LogP contribution in [0.3, 0.4) is 0 Å². The van der Waals surface area contributed by atoms with Crippen LogP contribution < -0.4 is 0 Å². The van der Waals surface area contributed by atoms with Gasteiger partial charge in [0.15, 0.2) is 0 Å². The van der Waals surface area contributed by atoms with Crippen LogP contribution in [-0.2, 0) is 25.1 Å². The molecular weight excluding hydrogens is 148 g/mol. The highest BCUT2D eigenvalue weighted by molar-refractivity contribution is 7.72. The number of rotatable bonds is 0. The Bertz CT molecular complexity index is 198. The summed E-state index contributed by atoms with van der Waals surface area (Å²) < 4.78 is 20.1. The molecule has 5 nitrogen and oxygen atoms in total. The lowest BCUT2D eigenvalue weighted by atomic mass is 10.5. The molecule has 1 aliphatic rings. The maximum absolute atomic E-state index is 10.1. The van der Waals surface area contributed by atoms with E-state index in [1.54, 1.807) is 0 Å². The van der Waals surface area contributed by atoms with Crippen molar-refractivity contribution in [2.45, 2.75) is 6.42 Å². The van der Waals surface area contributed by atoms with Gasteiger partial charge < -0.3 is 0 Å². The lowest BCUT2D eigenvalue weighted by Gasteiger charge is -2.07. The van der Waals surface area contributed by atoms with Gasteiger partial charge in [0, 0.05) is 6.42 Å². The highest BCUT2D eigenvalue weighted by atomic mass is 32.2. The van der Waals surface area contributed by atoms with Gasteiger partial charge in [0.25, 0.3) is 0 Å². The monoisotopic (exact) mass is 152 g/mol. The van der Waals surface area contributed by atoms with Gasteiger partial charge in [-0.15, -0.1) is 0 Å². The fraction of sp³-hybridized carbons (Fsp3) is 0.667. The molecule has 0 aromatic carbocycles. The first-order valence-corrected chi connectivity index (χ1v) is 3.29. The highest BCUT2D eigenvalue weighted by Crippen LogP contribution is 1.98. The molecule has 9 heavy (non-hydrogen) atoms. The summed E-state index contributed by atoms with van der Waals surface area (Å²) in [7, 11) is -2.31. The third kappa shape index (κ3) is 1.75. The minimum absolute atomic E-state index is 0.124. The molecule has 0 radical (unpaired) electrons. The second-order valence-electron chi connectivity index (χ2n) is 1.33. The van der Waals surface area contributed by atoms with Crippen LogP contribution in [0.5, 0.6) is 0 Å². The van der Waals surface area contributed by atoms with Gasteiger partial charge in [0.2, 0.25) is 15.3 Å². The lowest BCUT2D eigenvalue weighted by molar-refractivity contribution is -0.486. The minimum atomic E-state index is -2.31. The summed E-state index contributed by atoms with van der Waals surface area (Å²) in [6, 6.07) is 0. The smallest absolute Gasteiger partial charge is 0.205 e. The summed E-state index contributed by atoms with van der Waals surface area (Å²) in [5.41, 5.74) is 0. The Kier molecular flexibility index (Phi) is 2.17.